The molecule has 1 saturated carbocycles. The third kappa shape index (κ3) is 5.24. The zero-order chi connectivity index (χ0) is 15.8. The van der Waals surface area contributed by atoms with E-state index in [0.717, 1.165) is 37.9 Å². The van der Waals surface area contributed by atoms with Crippen molar-refractivity contribution in [2.24, 2.45) is 5.73 Å². The number of imidazole rings is 1. The summed E-state index contributed by atoms with van der Waals surface area (Å²) >= 11 is 0. The molecule has 1 aliphatic rings. The molecule has 1 fully saturated rings. The summed E-state index contributed by atoms with van der Waals surface area (Å²) in [7, 11) is 0. The van der Waals surface area contributed by atoms with E-state index in [2.05, 4.69) is 9.97 Å². The van der Waals surface area contributed by atoms with Gasteiger partial charge in [-0.3, -0.25) is 4.79 Å². The average molecular weight is 305 g/mol. The molecule has 0 bridgehead atoms. The van der Waals surface area contributed by atoms with E-state index in [0.29, 0.717) is 18.1 Å². The summed E-state index contributed by atoms with van der Waals surface area (Å²) in [6.45, 7) is 1.93. The average Bonchev–Trinajstić information content (AvgIpc) is 3.05. The van der Waals surface area contributed by atoms with E-state index in [4.69, 9.17) is 5.73 Å². The van der Waals surface area contributed by atoms with Crippen LogP contribution in [0.15, 0.2) is 6.20 Å². The molecule has 4 nitrogen and oxygen atoms in total. The Labute approximate surface area is 134 Å². The van der Waals surface area contributed by atoms with Gasteiger partial charge in [-0.05, 0) is 25.7 Å². The van der Waals surface area contributed by atoms with Crippen molar-refractivity contribution in [3.63, 3.8) is 0 Å². The Morgan fingerprint density at radius 2 is 2.09 bits per heavy atom. The Morgan fingerprint density at radius 3 is 2.82 bits per heavy atom. The number of hydrogen-bond acceptors (Lipinski definition) is 3. The number of hydrogen-bond donors (Lipinski definition) is 2. The predicted molar refractivity (Wildman–Crippen MR) is 89.7 cm³/mol. The van der Waals surface area contributed by atoms with Crippen molar-refractivity contribution in [1.82, 2.24) is 9.97 Å². The van der Waals surface area contributed by atoms with Crippen molar-refractivity contribution in [3.8, 4) is 0 Å². The van der Waals surface area contributed by atoms with Gasteiger partial charge in [0.05, 0.1) is 6.04 Å². The fourth-order valence-corrected chi connectivity index (χ4v) is 3.34. The van der Waals surface area contributed by atoms with Crippen molar-refractivity contribution >= 4 is 5.78 Å². The number of carbonyl (C=O) groups excluding carboxylic acids is 1. The normalized spacial score (nSPS) is 17.5. The molecule has 3 N–H and O–H groups in total. The van der Waals surface area contributed by atoms with Crippen LogP contribution in [0.1, 0.15) is 101 Å². The summed E-state index contributed by atoms with van der Waals surface area (Å²) < 4.78 is 0. The molecule has 0 radical (unpaired) electrons. The summed E-state index contributed by atoms with van der Waals surface area (Å²) in [6, 6.07) is -0.000725. The number of unbranched alkanes of at least 4 members (excludes halogenated alkanes) is 2. The van der Waals surface area contributed by atoms with Crippen LogP contribution in [0.5, 0.6) is 0 Å². The lowest BCUT2D eigenvalue weighted by Crippen LogP contribution is -2.12. The monoisotopic (exact) mass is 305 g/mol. The standard InChI is InChI=1S/C18H31N3O/c1-2-15(22)11-7-4-8-12-16(19)18-20-13-17(21-18)14-9-5-3-6-10-14/h13-14,16H,2-12,19H2,1H3,(H,20,21)/t16-/m0/s1. The Kier molecular flexibility index (Phi) is 7.10. The van der Waals surface area contributed by atoms with Gasteiger partial charge >= 0.3 is 0 Å². The van der Waals surface area contributed by atoms with Crippen LogP contribution in [0.4, 0.5) is 0 Å². The SMILES string of the molecule is CCC(=O)CCCCC[C@H](N)c1ncc(C2CCCCC2)[nH]1. The lowest BCUT2D eigenvalue weighted by Gasteiger charge is -2.20. The number of nitrogens with zero attached hydrogens (tertiary/aromatic N) is 1. The minimum absolute atomic E-state index is 0.000725. The first-order valence-electron chi connectivity index (χ1n) is 9.02. The molecule has 0 unspecified atom stereocenters. The summed E-state index contributed by atoms with van der Waals surface area (Å²) in [6.07, 6.45) is 14.1. The fourth-order valence-electron chi connectivity index (χ4n) is 3.34. The number of Topliss-reactive ketones (excluding diaryl/α,β-unsaturated/α-hetero) is 1. The number of aromatic amines is 1. The Hall–Kier alpha value is -1.16. The van der Waals surface area contributed by atoms with Gasteiger partial charge in [0.2, 0.25) is 0 Å². The van der Waals surface area contributed by atoms with Crippen molar-refractivity contribution < 1.29 is 4.79 Å². The molecule has 0 spiro atoms. The summed E-state index contributed by atoms with van der Waals surface area (Å²) in [5.74, 6) is 1.96. The van der Waals surface area contributed by atoms with E-state index in [-0.39, 0.29) is 6.04 Å². The van der Waals surface area contributed by atoms with Crippen LogP contribution in [-0.2, 0) is 4.79 Å². The lowest BCUT2D eigenvalue weighted by molar-refractivity contribution is -0.118. The maximum absolute atomic E-state index is 11.2. The van der Waals surface area contributed by atoms with Gasteiger partial charge < -0.3 is 10.7 Å². The van der Waals surface area contributed by atoms with E-state index in [9.17, 15) is 4.79 Å². The van der Waals surface area contributed by atoms with Gasteiger partial charge in [0, 0.05) is 30.7 Å². The zero-order valence-corrected chi connectivity index (χ0v) is 13.9. The molecule has 0 saturated heterocycles. The van der Waals surface area contributed by atoms with Crippen LogP contribution >= 0.6 is 0 Å². The minimum Gasteiger partial charge on any atom is -0.344 e. The van der Waals surface area contributed by atoms with Gasteiger partial charge in [0.25, 0.3) is 0 Å². The second-order valence-corrected chi connectivity index (χ2v) is 6.66. The molecule has 1 heterocycles. The number of rotatable bonds is 9. The molecule has 124 valence electrons. The molecule has 4 heteroatoms. The number of nitrogens with one attached hydrogen (secondary N) is 1. The molecule has 1 atom stereocenters. The Morgan fingerprint density at radius 1 is 1.32 bits per heavy atom. The third-order valence-corrected chi connectivity index (χ3v) is 4.88. The highest BCUT2D eigenvalue weighted by molar-refractivity contribution is 5.77. The van der Waals surface area contributed by atoms with Crippen LogP contribution in [-0.4, -0.2) is 15.8 Å². The molecule has 2 rings (SSSR count). The molecule has 1 aromatic heterocycles. The van der Waals surface area contributed by atoms with Gasteiger partial charge in [0.1, 0.15) is 11.6 Å². The second-order valence-electron chi connectivity index (χ2n) is 6.66. The zero-order valence-electron chi connectivity index (χ0n) is 13.9. The maximum Gasteiger partial charge on any atom is 0.132 e. The fraction of sp³-hybridized carbons (Fsp3) is 0.778. The number of ketones is 1. The van der Waals surface area contributed by atoms with Crippen LogP contribution in [0.25, 0.3) is 0 Å². The highest BCUT2D eigenvalue weighted by Gasteiger charge is 2.19. The van der Waals surface area contributed by atoms with Crippen LogP contribution < -0.4 is 5.73 Å². The van der Waals surface area contributed by atoms with Crippen LogP contribution in [0.2, 0.25) is 0 Å². The maximum atomic E-state index is 11.2. The predicted octanol–water partition coefficient (Wildman–Crippen LogP) is 4.39. The summed E-state index contributed by atoms with van der Waals surface area (Å²) in [4.78, 5) is 19.2. The Balaban J connectivity index is 1.70. The molecule has 0 aromatic carbocycles. The van der Waals surface area contributed by atoms with Crippen molar-refractivity contribution in [2.75, 3.05) is 0 Å². The van der Waals surface area contributed by atoms with E-state index >= 15 is 0 Å². The molecule has 1 aromatic rings. The number of aromatic nitrogens is 2. The van der Waals surface area contributed by atoms with E-state index < -0.39 is 0 Å². The van der Waals surface area contributed by atoms with Gasteiger partial charge in [-0.15, -0.1) is 0 Å². The van der Waals surface area contributed by atoms with Crippen LogP contribution in [0.3, 0.4) is 0 Å². The first-order chi connectivity index (χ1) is 10.7. The first kappa shape index (κ1) is 17.2. The van der Waals surface area contributed by atoms with Crippen molar-refractivity contribution in [1.29, 1.82) is 0 Å². The van der Waals surface area contributed by atoms with Gasteiger partial charge in [0.15, 0.2) is 0 Å². The molecule has 1 aliphatic carbocycles. The quantitative estimate of drug-likeness (QED) is 0.665. The van der Waals surface area contributed by atoms with Crippen LogP contribution in [0, 0.1) is 0 Å². The van der Waals surface area contributed by atoms with Crippen molar-refractivity contribution in [3.05, 3.63) is 17.7 Å². The molecular weight excluding hydrogens is 274 g/mol. The molecule has 22 heavy (non-hydrogen) atoms. The Bertz CT molecular complexity index is 449. The van der Waals surface area contributed by atoms with E-state index in [1.165, 1.54) is 37.8 Å². The lowest BCUT2D eigenvalue weighted by atomic mass is 9.87. The summed E-state index contributed by atoms with van der Waals surface area (Å²) in [5.41, 5.74) is 7.52. The minimum atomic E-state index is -0.000725. The van der Waals surface area contributed by atoms with E-state index in [1.807, 2.05) is 13.1 Å². The number of carbonyl (C=O) groups is 1. The highest BCUT2D eigenvalue weighted by Crippen LogP contribution is 2.32. The summed E-state index contributed by atoms with van der Waals surface area (Å²) in [5, 5.41) is 0. The van der Waals surface area contributed by atoms with Crippen molar-refractivity contribution in [2.45, 2.75) is 89.5 Å². The van der Waals surface area contributed by atoms with E-state index in [1.54, 1.807) is 0 Å². The highest BCUT2D eigenvalue weighted by atomic mass is 16.1. The molecule has 0 aliphatic heterocycles. The smallest absolute Gasteiger partial charge is 0.132 e. The first-order valence-corrected chi connectivity index (χ1v) is 9.02. The van der Waals surface area contributed by atoms with Gasteiger partial charge in [-0.1, -0.05) is 39.0 Å². The largest absolute Gasteiger partial charge is 0.344 e. The second kappa shape index (κ2) is 9.09. The molecule has 0 amide bonds. The third-order valence-electron chi connectivity index (χ3n) is 4.88. The number of nitrogens with two attached hydrogens (primary N) is 1. The van der Waals surface area contributed by atoms with Gasteiger partial charge in [-0.2, -0.15) is 0 Å². The number of H-pyrrole nitrogens is 1. The topological polar surface area (TPSA) is 71.8 Å². The van der Waals surface area contributed by atoms with Gasteiger partial charge in [-0.25, -0.2) is 4.98 Å². The molecular formula is C18H31N3O.